The highest BCUT2D eigenvalue weighted by Gasteiger charge is 2.54. The van der Waals surface area contributed by atoms with Crippen LogP contribution >= 0.6 is 23.2 Å². The van der Waals surface area contributed by atoms with Crippen LogP contribution in [0.4, 0.5) is 0 Å². The number of carbonyl (C=O) groups excluding carboxylic acids is 3. The highest BCUT2D eigenvalue weighted by molar-refractivity contribution is 6.33. The zero-order chi connectivity index (χ0) is 58.1. The molecule has 0 radical (unpaired) electrons. The summed E-state index contributed by atoms with van der Waals surface area (Å²) in [6, 6.07) is 49.4. The molecule has 0 saturated heterocycles. The summed E-state index contributed by atoms with van der Waals surface area (Å²) in [5.74, 6) is -2.48. The fourth-order valence-electron chi connectivity index (χ4n) is 10.2. The van der Waals surface area contributed by atoms with E-state index in [0.717, 1.165) is 22.3 Å². The van der Waals surface area contributed by atoms with Crippen LogP contribution in [-0.2, 0) is 19.9 Å². The van der Waals surface area contributed by atoms with E-state index in [-0.39, 0.29) is 79.0 Å². The van der Waals surface area contributed by atoms with Crippen molar-refractivity contribution in [2.75, 3.05) is 0 Å². The number of halogens is 2. The van der Waals surface area contributed by atoms with Crippen molar-refractivity contribution in [3.63, 3.8) is 0 Å². The van der Waals surface area contributed by atoms with Crippen LogP contribution in [0.2, 0.25) is 10.0 Å². The molecule has 0 aliphatic carbocycles. The molecule has 82 heavy (non-hydrogen) atoms. The second kappa shape index (κ2) is 22.5. The standard InChI is InChI=1S/C24H14Cl2O7.C20H14O5.C20H16O4/c1-11(27)30-21-9-19-15(7-17(21)25)24(14-6-4-3-5-13(14)23(29)33-24)16-8-18(26)22(31-12(2)28)10-20(16)32-19;21-11-5-7-15-17(9-11)25-18-10-12(22)6-8-16(18)19(15)13-3-1-2-4-14(13)20(23)24;21-15-9-5-13(6-10-15)19(14-7-11-16(22)12-8-14)17-3-1-2-4-18(17)20(23)24/h3-10H,1-2H3;1-10,19,21-22H,(H,23,24);1-12,19,21-22H,(H,23,24). The van der Waals surface area contributed by atoms with E-state index in [1.807, 2.05) is 0 Å². The number of benzene rings is 9. The summed E-state index contributed by atoms with van der Waals surface area (Å²) in [7, 11) is 0. The summed E-state index contributed by atoms with van der Waals surface area (Å²) in [5, 5.41) is 57.9. The minimum Gasteiger partial charge on any atom is -0.508 e. The highest BCUT2D eigenvalue weighted by Crippen LogP contribution is 2.59. The lowest BCUT2D eigenvalue weighted by Gasteiger charge is -2.37. The third kappa shape index (κ3) is 10.7. The smallest absolute Gasteiger partial charge is 0.340 e. The number of rotatable bonds is 8. The number of aromatic hydroxyl groups is 4. The molecule has 0 unspecified atom stereocenters. The van der Waals surface area contributed by atoms with Gasteiger partial charge in [-0.25, -0.2) is 14.4 Å². The Bertz CT molecular complexity index is 3880. The van der Waals surface area contributed by atoms with Crippen molar-refractivity contribution in [1.82, 2.24) is 0 Å². The summed E-state index contributed by atoms with van der Waals surface area (Å²) < 4.78 is 28.3. The van der Waals surface area contributed by atoms with E-state index in [4.69, 9.17) is 46.9 Å². The highest BCUT2D eigenvalue weighted by atomic mass is 35.5. The number of hydrogen-bond acceptors (Lipinski definition) is 14. The minimum absolute atomic E-state index is 0.0487. The van der Waals surface area contributed by atoms with Gasteiger partial charge < -0.3 is 54.3 Å². The number of aromatic carboxylic acids is 2. The molecule has 0 aromatic heterocycles. The van der Waals surface area contributed by atoms with Gasteiger partial charge in [0.1, 0.15) is 46.0 Å². The number of phenolic OH excluding ortho intramolecular Hbond substituents is 4. The van der Waals surface area contributed by atoms with Crippen LogP contribution in [0.1, 0.15) is 107 Å². The molecular formula is C64H44Cl2O16. The van der Waals surface area contributed by atoms with Crippen LogP contribution in [0, 0.1) is 0 Å². The van der Waals surface area contributed by atoms with E-state index in [9.17, 15) is 54.6 Å². The number of fused-ring (bicyclic) bond motifs is 8. The summed E-state index contributed by atoms with van der Waals surface area (Å²) in [6.07, 6.45) is 0. The van der Waals surface area contributed by atoms with Crippen molar-refractivity contribution in [3.05, 3.63) is 259 Å². The van der Waals surface area contributed by atoms with Gasteiger partial charge in [-0.15, -0.1) is 0 Å². The number of ether oxygens (including phenoxy) is 5. The maximum absolute atomic E-state index is 12.9. The summed E-state index contributed by atoms with van der Waals surface area (Å²) in [5.41, 5.74) is 5.26. The van der Waals surface area contributed by atoms with Gasteiger partial charge in [-0.2, -0.15) is 0 Å². The van der Waals surface area contributed by atoms with Crippen LogP contribution in [0.25, 0.3) is 0 Å². The first-order valence-electron chi connectivity index (χ1n) is 24.9. The van der Waals surface area contributed by atoms with E-state index in [1.165, 1.54) is 50.2 Å². The molecule has 18 heteroatoms. The Hall–Kier alpha value is -10.3. The Balaban J connectivity index is 0.000000140. The van der Waals surface area contributed by atoms with Gasteiger partial charge in [0.2, 0.25) is 0 Å². The van der Waals surface area contributed by atoms with E-state index in [2.05, 4.69) is 0 Å². The largest absolute Gasteiger partial charge is 0.508 e. The van der Waals surface area contributed by atoms with Crippen LogP contribution in [-0.4, -0.2) is 60.5 Å². The van der Waals surface area contributed by atoms with Gasteiger partial charge in [0.25, 0.3) is 0 Å². The second-order valence-electron chi connectivity index (χ2n) is 18.8. The van der Waals surface area contributed by atoms with Crippen LogP contribution in [0.15, 0.2) is 182 Å². The number of carboxylic acids is 2. The summed E-state index contributed by atoms with van der Waals surface area (Å²) in [6.45, 7) is 2.49. The molecule has 0 amide bonds. The Kier molecular flexibility index (Phi) is 15.1. The zero-order valence-corrected chi connectivity index (χ0v) is 44.5. The Labute approximate surface area is 476 Å². The van der Waals surface area contributed by atoms with Gasteiger partial charge in [0.15, 0.2) is 17.1 Å². The first-order valence-corrected chi connectivity index (χ1v) is 25.7. The predicted molar refractivity (Wildman–Crippen MR) is 299 cm³/mol. The van der Waals surface area contributed by atoms with Gasteiger partial charge >= 0.3 is 29.8 Å². The average molecular weight is 1140 g/mol. The van der Waals surface area contributed by atoms with Crippen LogP contribution < -0.4 is 18.9 Å². The van der Waals surface area contributed by atoms with Gasteiger partial charge in [-0.1, -0.05) is 114 Å². The molecule has 3 heterocycles. The first-order chi connectivity index (χ1) is 39.3. The number of phenols is 4. The Morgan fingerprint density at radius 3 is 1.43 bits per heavy atom. The molecule has 0 atom stereocenters. The molecule has 16 nitrogen and oxygen atoms in total. The predicted octanol–water partition coefficient (Wildman–Crippen LogP) is 13.5. The normalized spacial score (nSPS) is 12.9. The number of esters is 3. The quantitative estimate of drug-likeness (QED) is 0.0470. The topological polar surface area (TPSA) is 253 Å². The molecule has 3 aliphatic heterocycles. The molecule has 0 saturated carbocycles. The maximum atomic E-state index is 12.9. The third-order valence-corrected chi connectivity index (χ3v) is 14.2. The lowest BCUT2D eigenvalue weighted by atomic mass is 9.77. The molecule has 12 rings (SSSR count). The number of carboxylic acid groups (broad SMARTS) is 2. The Morgan fingerprint density at radius 2 is 0.927 bits per heavy atom. The molecule has 1 spiro atoms. The first kappa shape index (κ1) is 55.0. The van der Waals surface area contributed by atoms with Gasteiger partial charge in [-0.05, 0) is 89.0 Å². The molecule has 3 aliphatic rings. The molecule has 9 aromatic rings. The van der Waals surface area contributed by atoms with Crippen molar-refractivity contribution < 1.29 is 78.3 Å². The molecule has 9 aromatic carbocycles. The number of carbonyl (C=O) groups is 5. The molecule has 0 fully saturated rings. The summed E-state index contributed by atoms with van der Waals surface area (Å²) in [4.78, 5) is 59.2. The van der Waals surface area contributed by atoms with Gasteiger partial charge in [0.05, 0.1) is 26.7 Å². The summed E-state index contributed by atoms with van der Waals surface area (Å²) >= 11 is 12.8. The van der Waals surface area contributed by atoms with E-state index >= 15 is 0 Å². The lowest BCUT2D eigenvalue weighted by Crippen LogP contribution is -2.33. The molecule has 6 N–H and O–H groups in total. The minimum atomic E-state index is -1.44. The number of hydrogen-bond donors (Lipinski definition) is 6. The van der Waals surface area contributed by atoms with Crippen molar-refractivity contribution in [2.24, 2.45) is 0 Å². The lowest BCUT2D eigenvalue weighted by molar-refractivity contribution is -0.132. The van der Waals surface area contributed by atoms with E-state index in [1.54, 1.807) is 146 Å². The molecule has 410 valence electrons. The van der Waals surface area contributed by atoms with Crippen LogP contribution in [0.5, 0.6) is 57.5 Å². The van der Waals surface area contributed by atoms with Crippen molar-refractivity contribution >= 4 is 53.0 Å². The third-order valence-electron chi connectivity index (χ3n) is 13.6. The monoisotopic (exact) mass is 1140 g/mol. The van der Waals surface area contributed by atoms with Gasteiger partial charge in [0, 0.05) is 77.8 Å². The molecular weight excluding hydrogens is 1100 g/mol. The molecule has 0 bridgehead atoms. The van der Waals surface area contributed by atoms with Crippen molar-refractivity contribution in [3.8, 4) is 57.5 Å². The zero-order valence-electron chi connectivity index (χ0n) is 43.0. The van der Waals surface area contributed by atoms with E-state index < -0.39 is 35.4 Å². The fourth-order valence-corrected chi connectivity index (χ4v) is 10.6. The second-order valence-corrected chi connectivity index (χ2v) is 19.7. The average Bonchev–Trinajstić information content (AvgIpc) is 3.88. The van der Waals surface area contributed by atoms with Crippen molar-refractivity contribution in [2.45, 2.75) is 31.3 Å². The van der Waals surface area contributed by atoms with Crippen LogP contribution in [0.3, 0.4) is 0 Å². The Morgan fingerprint density at radius 1 is 0.488 bits per heavy atom. The fraction of sp³-hybridized carbons (Fsp3) is 0.0781. The van der Waals surface area contributed by atoms with E-state index in [0.29, 0.717) is 44.9 Å². The SMILES string of the molecule is CC(=O)Oc1cc2c(cc1Cl)C1(OC(=O)c3ccccc31)c1cc(Cl)c(OC(C)=O)cc1O2.O=C(O)c1ccccc1C(c1ccc(O)cc1)c1ccc(O)cc1.O=C(O)c1ccccc1C1c2ccc(O)cc2Oc2cc(O)ccc21. The van der Waals surface area contributed by atoms with Gasteiger partial charge in [-0.3, -0.25) is 9.59 Å². The maximum Gasteiger partial charge on any atom is 0.340 e. The van der Waals surface area contributed by atoms with Crippen molar-refractivity contribution in [1.29, 1.82) is 0 Å².